The maximum Gasteiger partial charge on any atom is 0.261 e. The maximum atomic E-state index is 15.1. The lowest BCUT2D eigenvalue weighted by Crippen LogP contribution is -2.32. The zero-order chi connectivity index (χ0) is 23.9. The van der Waals surface area contributed by atoms with Crippen molar-refractivity contribution in [2.24, 2.45) is 0 Å². The minimum Gasteiger partial charge on any atom is -0.349 e. The normalized spacial score (nSPS) is 16.1. The molecule has 34 heavy (non-hydrogen) atoms. The zero-order valence-electron chi connectivity index (χ0n) is 18.1. The van der Waals surface area contributed by atoms with E-state index in [9.17, 15) is 9.59 Å². The topological polar surface area (TPSA) is 49.4 Å². The van der Waals surface area contributed by atoms with Crippen LogP contribution in [0.3, 0.4) is 0 Å². The first-order chi connectivity index (χ1) is 16.4. The van der Waals surface area contributed by atoms with Crippen molar-refractivity contribution in [3.63, 3.8) is 0 Å². The molecule has 0 unspecified atom stereocenters. The number of carbonyl (C=O) groups is 2. The predicted octanol–water partition coefficient (Wildman–Crippen LogP) is 5.68. The average Bonchev–Trinajstić information content (AvgIpc) is 3.12. The summed E-state index contributed by atoms with van der Waals surface area (Å²) < 4.78 is 15.1. The molecular weight excluding hydrogens is 490 g/mol. The fraction of sp³-hybridized carbons (Fsp3) is 0.154. The molecule has 1 heterocycles. The zero-order valence-corrected chi connectivity index (χ0v) is 20.6. The summed E-state index contributed by atoms with van der Waals surface area (Å²) in [6.45, 7) is 0. The SMILES string of the molecule is O=C1C2=C(CCCC2)C(=O)N1c1cc(NP(=S)(c2ccccc2)c2ccccc2)c(Cl)cc1F. The van der Waals surface area contributed by atoms with Gasteiger partial charge in [0.1, 0.15) is 5.82 Å². The van der Waals surface area contributed by atoms with Crippen LogP contribution in [-0.4, -0.2) is 11.8 Å². The van der Waals surface area contributed by atoms with E-state index in [1.165, 1.54) is 6.07 Å². The fourth-order valence-corrected chi connectivity index (χ4v) is 8.03. The van der Waals surface area contributed by atoms with E-state index in [1.807, 2.05) is 60.7 Å². The van der Waals surface area contributed by atoms with E-state index < -0.39 is 23.8 Å². The van der Waals surface area contributed by atoms with Crippen LogP contribution in [0.15, 0.2) is 83.9 Å². The smallest absolute Gasteiger partial charge is 0.261 e. The van der Waals surface area contributed by atoms with Crippen LogP contribution in [-0.2, 0) is 21.4 Å². The molecule has 1 aliphatic carbocycles. The Bertz CT molecular complexity index is 1310. The summed E-state index contributed by atoms with van der Waals surface area (Å²) in [5.41, 5.74) is 1.26. The first kappa shape index (κ1) is 23.0. The third-order valence-corrected chi connectivity index (χ3v) is 10.6. The minimum absolute atomic E-state index is 0.112. The Kier molecular flexibility index (Phi) is 6.15. The van der Waals surface area contributed by atoms with Gasteiger partial charge in [-0.05, 0) is 37.8 Å². The monoisotopic (exact) mass is 510 g/mol. The molecule has 0 saturated heterocycles. The molecule has 0 spiro atoms. The van der Waals surface area contributed by atoms with Crippen molar-refractivity contribution < 1.29 is 14.0 Å². The van der Waals surface area contributed by atoms with Gasteiger partial charge in [-0.15, -0.1) is 0 Å². The number of hydrogen-bond donors (Lipinski definition) is 1. The summed E-state index contributed by atoms with van der Waals surface area (Å²) in [7, 11) is 0. The van der Waals surface area contributed by atoms with Gasteiger partial charge in [0.15, 0.2) is 0 Å². The molecule has 2 aliphatic rings. The van der Waals surface area contributed by atoms with E-state index in [2.05, 4.69) is 5.09 Å². The summed E-state index contributed by atoms with van der Waals surface area (Å²) in [5.74, 6) is -1.63. The third-order valence-electron chi connectivity index (χ3n) is 6.19. The highest BCUT2D eigenvalue weighted by atomic mass is 35.5. The highest BCUT2D eigenvalue weighted by Gasteiger charge is 2.41. The molecule has 172 valence electrons. The number of amides is 2. The summed E-state index contributed by atoms with van der Waals surface area (Å²) >= 11 is 12.7. The Labute approximate surface area is 207 Å². The Balaban J connectivity index is 1.59. The molecule has 3 aromatic carbocycles. The summed E-state index contributed by atoms with van der Waals surface area (Å²) in [6.07, 6.45) is 0.156. The Morgan fingerprint density at radius 1 is 0.853 bits per heavy atom. The van der Waals surface area contributed by atoms with E-state index in [1.54, 1.807) is 0 Å². The van der Waals surface area contributed by atoms with Crippen molar-refractivity contribution >= 4 is 63.4 Å². The second kappa shape index (κ2) is 9.10. The molecule has 5 rings (SSSR count). The lowest BCUT2D eigenvalue weighted by Gasteiger charge is -2.27. The van der Waals surface area contributed by atoms with Crippen LogP contribution in [0, 0.1) is 5.82 Å². The summed E-state index contributed by atoms with van der Waals surface area (Å²) in [6, 6.07) is 21.8. The molecule has 2 amide bonds. The molecule has 0 bridgehead atoms. The number of halogens is 2. The van der Waals surface area contributed by atoms with Crippen LogP contribution in [0.2, 0.25) is 5.02 Å². The lowest BCUT2D eigenvalue weighted by atomic mass is 9.93. The van der Waals surface area contributed by atoms with Crippen molar-refractivity contribution in [3.05, 3.63) is 94.8 Å². The van der Waals surface area contributed by atoms with Crippen LogP contribution in [0.1, 0.15) is 25.7 Å². The predicted molar refractivity (Wildman–Crippen MR) is 139 cm³/mol. The van der Waals surface area contributed by atoms with Crippen LogP contribution in [0.25, 0.3) is 0 Å². The molecule has 3 aromatic rings. The van der Waals surface area contributed by atoms with Crippen LogP contribution >= 0.6 is 17.8 Å². The lowest BCUT2D eigenvalue weighted by molar-refractivity contribution is -0.120. The Morgan fingerprint density at radius 3 is 1.85 bits per heavy atom. The van der Waals surface area contributed by atoms with Gasteiger partial charge in [0, 0.05) is 21.8 Å². The molecule has 0 atom stereocenters. The van der Waals surface area contributed by atoms with Crippen molar-refractivity contribution in [3.8, 4) is 0 Å². The van der Waals surface area contributed by atoms with Gasteiger partial charge in [-0.1, -0.05) is 84.1 Å². The molecule has 0 aromatic heterocycles. The average molecular weight is 511 g/mol. The van der Waals surface area contributed by atoms with Crippen molar-refractivity contribution in [1.29, 1.82) is 0 Å². The Morgan fingerprint density at radius 2 is 1.35 bits per heavy atom. The van der Waals surface area contributed by atoms with Gasteiger partial charge in [0.2, 0.25) is 0 Å². The molecule has 0 radical (unpaired) electrons. The van der Waals surface area contributed by atoms with E-state index >= 15 is 4.39 Å². The number of nitrogens with zero attached hydrogens (tertiary/aromatic N) is 1. The van der Waals surface area contributed by atoms with E-state index in [0.29, 0.717) is 29.7 Å². The quantitative estimate of drug-likeness (QED) is 0.354. The van der Waals surface area contributed by atoms with E-state index in [4.69, 9.17) is 23.4 Å². The molecular formula is C26H21ClFN2O2PS. The molecule has 0 fully saturated rings. The number of rotatable bonds is 5. The third kappa shape index (κ3) is 3.90. The standard InChI is InChI=1S/C26H21ClFN2O2PS/c27-21-15-22(28)24(30-25(31)19-13-7-8-14-20(19)26(30)32)16-23(21)29-33(34,17-9-3-1-4-10-17)18-11-5-2-6-12-18/h1-6,9-12,15-16H,7-8,13-14H2,(H,29,34). The van der Waals surface area contributed by atoms with E-state index in [-0.39, 0.29) is 10.7 Å². The molecule has 0 saturated carbocycles. The van der Waals surface area contributed by atoms with E-state index in [0.717, 1.165) is 34.4 Å². The molecule has 8 heteroatoms. The fourth-order valence-electron chi connectivity index (χ4n) is 4.48. The van der Waals surface area contributed by atoms with Crippen LogP contribution in [0.4, 0.5) is 15.8 Å². The second-order valence-electron chi connectivity index (χ2n) is 8.29. The minimum atomic E-state index is -2.62. The number of benzene rings is 3. The van der Waals surface area contributed by atoms with Gasteiger partial charge in [-0.25, -0.2) is 9.29 Å². The van der Waals surface area contributed by atoms with Gasteiger partial charge < -0.3 is 5.09 Å². The number of imide groups is 1. The maximum absolute atomic E-state index is 15.1. The van der Waals surface area contributed by atoms with Crippen LogP contribution < -0.4 is 20.6 Å². The largest absolute Gasteiger partial charge is 0.349 e. The molecule has 1 aliphatic heterocycles. The van der Waals surface area contributed by atoms with Crippen molar-refractivity contribution in [2.45, 2.75) is 25.7 Å². The molecule has 4 nitrogen and oxygen atoms in total. The van der Waals surface area contributed by atoms with Gasteiger partial charge in [0.05, 0.1) is 22.6 Å². The summed E-state index contributed by atoms with van der Waals surface area (Å²) in [4.78, 5) is 27.0. The van der Waals surface area contributed by atoms with Crippen LogP contribution in [0.5, 0.6) is 0 Å². The highest BCUT2D eigenvalue weighted by molar-refractivity contribution is 8.22. The Hall–Kier alpha value is -2.79. The number of hydrogen-bond acceptors (Lipinski definition) is 3. The number of carbonyl (C=O) groups excluding carboxylic acids is 2. The number of anilines is 2. The van der Waals surface area contributed by atoms with Crippen molar-refractivity contribution in [1.82, 2.24) is 0 Å². The van der Waals surface area contributed by atoms with Gasteiger partial charge in [0.25, 0.3) is 11.8 Å². The van der Waals surface area contributed by atoms with Gasteiger partial charge in [-0.2, -0.15) is 0 Å². The first-order valence-corrected chi connectivity index (χ1v) is 14.2. The molecule has 1 N–H and O–H groups in total. The second-order valence-corrected chi connectivity index (χ2v) is 12.8. The highest BCUT2D eigenvalue weighted by Crippen LogP contribution is 2.47. The van der Waals surface area contributed by atoms with Gasteiger partial charge in [-0.3, -0.25) is 9.59 Å². The number of nitrogens with one attached hydrogen (secondary N) is 1. The van der Waals surface area contributed by atoms with Crippen molar-refractivity contribution in [2.75, 3.05) is 9.99 Å². The summed E-state index contributed by atoms with van der Waals surface area (Å²) in [5, 5.41) is 5.34. The first-order valence-electron chi connectivity index (χ1n) is 11.0. The van der Waals surface area contributed by atoms with Gasteiger partial charge >= 0.3 is 0 Å².